The molecule has 0 spiro atoms. The third kappa shape index (κ3) is 2.69. The lowest BCUT2D eigenvalue weighted by Gasteiger charge is -2.36. The van der Waals surface area contributed by atoms with Crippen molar-refractivity contribution in [1.82, 2.24) is 0 Å². The fraction of sp³-hybridized carbons (Fsp3) is 0.864. The Hall–Kier alpha value is -0.830. The van der Waals surface area contributed by atoms with Gasteiger partial charge in [-0.05, 0) is 67.6 Å². The summed E-state index contributed by atoms with van der Waals surface area (Å²) in [6, 6.07) is 0. The van der Waals surface area contributed by atoms with E-state index in [0.717, 1.165) is 55.3 Å². The van der Waals surface area contributed by atoms with Crippen LogP contribution in [-0.2, 0) is 14.3 Å². The van der Waals surface area contributed by atoms with E-state index >= 15 is 0 Å². The van der Waals surface area contributed by atoms with Crippen molar-refractivity contribution in [2.45, 2.75) is 77.1 Å². The summed E-state index contributed by atoms with van der Waals surface area (Å²) >= 11 is 0. The molecule has 8 atom stereocenters. The molecule has 4 fully saturated rings. The van der Waals surface area contributed by atoms with Crippen LogP contribution in [-0.4, -0.2) is 18.4 Å². The van der Waals surface area contributed by atoms with Gasteiger partial charge in [0.15, 0.2) is 0 Å². The van der Waals surface area contributed by atoms with E-state index in [9.17, 15) is 4.79 Å². The van der Waals surface area contributed by atoms with E-state index in [1.807, 2.05) is 0 Å². The minimum Gasteiger partial charge on any atom is -0.436 e. The molecule has 0 aromatic heterocycles. The maximum absolute atomic E-state index is 12.9. The van der Waals surface area contributed by atoms with Crippen LogP contribution in [0, 0.1) is 41.4 Å². The minimum absolute atomic E-state index is 0.0420. The molecule has 3 heteroatoms. The molecule has 4 bridgehead atoms. The van der Waals surface area contributed by atoms with E-state index in [-0.39, 0.29) is 18.2 Å². The van der Waals surface area contributed by atoms with Crippen molar-refractivity contribution < 1.29 is 14.3 Å². The zero-order chi connectivity index (χ0) is 17.0. The lowest BCUT2D eigenvalue weighted by atomic mass is 9.69. The molecular weight excluding hydrogens is 312 g/mol. The van der Waals surface area contributed by atoms with Gasteiger partial charge in [-0.15, -0.1) is 0 Å². The first-order valence-corrected chi connectivity index (χ1v) is 10.8. The molecule has 0 heterocycles. The van der Waals surface area contributed by atoms with Crippen LogP contribution < -0.4 is 0 Å². The summed E-state index contributed by atoms with van der Waals surface area (Å²) in [7, 11) is 0. The lowest BCUT2D eigenvalue weighted by Crippen LogP contribution is -2.37. The van der Waals surface area contributed by atoms with Crippen LogP contribution in [0.2, 0.25) is 0 Å². The second kappa shape index (κ2) is 6.40. The second-order valence-electron chi connectivity index (χ2n) is 9.28. The fourth-order valence-electron chi connectivity index (χ4n) is 7.13. The predicted molar refractivity (Wildman–Crippen MR) is 95.6 cm³/mol. The van der Waals surface area contributed by atoms with Crippen molar-refractivity contribution >= 4 is 5.97 Å². The van der Waals surface area contributed by atoms with Gasteiger partial charge in [-0.3, -0.25) is 4.79 Å². The van der Waals surface area contributed by atoms with Gasteiger partial charge in [-0.2, -0.15) is 0 Å². The molecular formula is C22H32O3. The first kappa shape index (κ1) is 16.4. The number of hydrogen-bond acceptors (Lipinski definition) is 3. The monoisotopic (exact) mass is 344 g/mol. The van der Waals surface area contributed by atoms with Crippen LogP contribution in [0.25, 0.3) is 0 Å². The lowest BCUT2D eigenvalue weighted by molar-refractivity contribution is -0.199. The maximum Gasteiger partial charge on any atom is 0.311 e. The van der Waals surface area contributed by atoms with Crippen LogP contribution in [0.3, 0.4) is 0 Å². The van der Waals surface area contributed by atoms with Crippen molar-refractivity contribution in [3.63, 3.8) is 0 Å². The molecule has 0 aliphatic heterocycles. The highest BCUT2D eigenvalue weighted by atomic mass is 16.7. The van der Waals surface area contributed by atoms with Crippen molar-refractivity contribution in [1.29, 1.82) is 0 Å². The summed E-state index contributed by atoms with van der Waals surface area (Å²) in [5.74, 6) is 4.75. The van der Waals surface area contributed by atoms with E-state index in [1.165, 1.54) is 32.1 Å². The molecule has 0 radical (unpaired) electrons. The maximum atomic E-state index is 12.9. The van der Waals surface area contributed by atoms with Crippen molar-refractivity contribution in [3.8, 4) is 0 Å². The van der Waals surface area contributed by atoms with Crippen LogP contribution in [0.5, 0.6) is 0 Å². The van der Waals surface area contributed by atoms with Crippen LogP contribution >= 0.6 is 0 Å². The molecule has 5 aliphatic carbocycles. The summed E-state index contributed by atoms with van der Waals surface area (Å²) in [5.41, 5.74) is 0. The normalized spacial score (nSPS) is 45.7. The van der Waals surface area contributed by atoms with E-state index in [4.69, 9.17) is 9.47 Å². The van der Waals surface area contributed by atoms with Gasteiger partial charge in [-0.1, -0.05) is 38.3 Å². The number of rotatable bonds is 5. The van der Waals surface area contributed by atoms with Gasteiger partial charge in [0, 0.05) is 6.42 Å². The first-order chi connectivity index (χ1) is 12.2. The Balaban J connectivity index is 1.21. The van der Waals surface area contributed by atoms with Gasteiger partial charge >= 0.3 is 5.97 Å². The SMILES string of the molecule is CCC(OC(=O)C1CC2CC1C1C3C=CC(C3)C21)OC1CCCCC1. The second-order valence-corrected chi connectivity index (χ2v) is 9.28. The Kier molecular flexibility index (Phi) is 4.19. The molecule has 8 unspecified atom stereocenters. The standard InChI is InChI=1S/C22H32O3/c1-2-19(24-16-6-4-3-5-7-16)25-22(23)18-12-15-11-17(18)21-14-9-8-13(10-14)20(15)21/h8-9,13-21H,2-7,10-12H2,1H3. The molecule has 3 nitrogen and oxygen atoms in total. The largest absolute Gasteiger partial charge is 0.436 e. The predicted octanol–water partition coefficient (Wildman–Crippen LogP) is 4.71. The number of ether oxygens (including phenoxy) is 2. The molecule has 0 aromatic carbocycles. The Morgan fingerprint density at radius 3 is 2.56 bits per heavy atom. The third-order valence-corrected chi connectivity index (χ3v) is 8.05. The van der Waals surface area contributed by atoms with E-state index in [2.05, 4.69) is 19.1 Å². The Bertz CT molecular complexity index is 549. The Morgan fingerprint density at radius 1 is 1.04 bits per heavy atom. The van der Waals surface area contributed by atoms with Crippen molar-refractivity contribution in [2.24, 2.45) is 41.4 Å². The Morgan fingerprint density at radius 2 is 1.80 bits per heavy atom. The van der Waals surface area contributed by atoms with Gasteiger partial charge in [0.25, 0.3) is 0 Å². The zero-order valence-electron chi connectivity index (χ0n) is 15.4. The molecule has 25 heavy (non-hydrogen) atoms. The number of fused-ring (bicyclic) bond motifs is 9. The third-order valence-electron chi connectivity index (χ3n) is 8.05. The van der Waals surface area contributed by atoms with Gasteiger partial charge in [0.05, 0.1) is 12.0 Å². The number of carbonyl (C=O) groups is 1. The fourth-order valence-corrected chi connectivity index (χ4v) is 7.13. The average Bonchev–Trinajstić information content (AvgIpc) is 3.40. The number of carbonyl (C=O) groups excluding carboxylic acids is 1. The topological polar surface area (TPSA) is 35.5 Å². The smallest absolute Gasteiger partial charge is 0.311 e. The van der Waals surface area contributed by atoms with Gasteiger partial charge in [0.2, 0.25) is 6.29 Å². The molecule has 0 N–H and O–H groups in total. The first-order valence-electron chi connectivity index (χ1n) is 10.8. The van der Waals surface area contributed by atoms with E-state index in [0.29, 0.717) is 12.0 Å². The Labute approximate surface area is 151 Å². The number of esters is 1. The molecule has 0 aromatic rings. The van der Waals surface area contributed by atoms with Gasteiger partial charge in [-0.25, -0.2) is 0 Å². The summed E-state index contributed by atoms with van der Waals surface area (Å²) in [4.78, 5) is 12.9. The minimum atomic E-state index is -0.328. The summed E-state index contributed by atoms with van der Waals surface area (Å²) < 4.78 is 12.0. The highest BCUT2D eigenvalue weighted by Gasteiger charge is 2.62. The molecule has 0 saturated heterocycles. The van der Waals surface area contributed by atoms with Gasteiger partial charge in [0.1, 0.15) is 0 Å². The quantitative estimate of drug-likeness (QED) is 0.314. The zero-order valence-corrected chi connectivity index (χ0v) is 15.4. The van der Waals surface area contributed by atoms with E-state index in [1.54, 1.807) is 0 Å². The molecule has 138 valence electrons. The van der Waals surface area contributed by atoms with Crippen LogP contribution in [0.15, 0.2) is 12.2 Å². The number of allylic oxidation sites excluding steroid dienone is 2. The molecule has 4 saturated carbocycles. The molecule has 5 aliphatic rings. The van der Waals surface area contributed by atoms with Crippen molar-refractivity contribution in [3.05, 3.63) is 12.2 Å². The highest BCUT2D eigenvalue weighted by Crippen LogP contribution is 2.67. The highest BCUT2D eigenvalue weighted by molar-refractivity contribution is 5.73. The average molecular weight is 344 g/mol. The molecule has 5 rings (SSSR count). The summed E-state index contributed by atoms with van der Waals surface area (Å²) in [6.07, 6.45) is 15.4. The van der Waals surface area contributed by atoms with Crippen molar-refractivity contribution in [2.75, 3.05) is 0 Å². The van der Waals surface area contributed by atoms with Crippen LogP contribution in [0.4, 0.5) is 0 Å². The number of hydrogen-bond donors (Lipinski definition) is 0. The molecule has 0 amide bonds. The summed E-state index contributed by atoms with van der Waals surface area (Å²) in [6.45, 7) is 2.07. The van der Waals surface area contributed by atoms with Crippen LogP contribution in [0.1, 0.15) is 64.7 Å². The van der Waals surface area contributed by atoms with E-state index < -0.39 is 0 Å². The summed E-state index contributed by atoms with van der Waals surface area (Å²) in [5, 5.41) is 0. The van der Waals surface area contributed by atoms with Gasteiger partial charge < -0.3 is 9.47 Å².